The first-order chi connectivity index (χ1) is 17.6. The van der Waals surface area contributed by atoms with Gasteiger partial charge in [0.05, 0.1) is 11.6 Å². The number of carbonyl (C=O) groups is 2. The summed E-state index contributed by atoms with van der Waals surface area (Å²) < 4.78 is 32.4. The SMILES string of the molecule is CNS(=O)(=O)O[C@@H]1C[C@@H](Nc2ncncc2C(=O)c2ccn(CC(=O)c3cccc(Br)c3)n2)[C@H](O)[C@H]1O. The number of benzene rings is 1. The lowest BCUT2D eigenvalue weighted by Gasteiger charge is -2.19. The Hall–Kier alpha value is -3.08. The molecule has 4 rings (SSSR count). The Morgan fingerprint density at radius 2 is 2.03 bits per heavy atom. The molecule has 0 spiro atoms. The molecule has 196 valence electrons. The molecule has 0 unspecified atom stereocenters. The molecule has 1 aliphatic carbocycles. The highest BCUT2D eigenvalue weighted by molar-refractivity contribution is 9.10. The predicted octanol–water partition coefficient (Wildman–Crippen LogP) is 0.305. The van der Waals surface area contributed by atoms with Gasteiger partial charge in [0.25, 0.3) is 0 Å². The van der Waals surface area contributed by atoms with Gasteiger partial charge in [-0.05, 0) is 18.2 Å². The van der Waals surface area contributed by atoms with Crippen LogP contribution in [0.2, 0.25) is 0 Å². The molecule has 1 saturated carbocycles. The molecule has 2 aromatic heterocycles. The maximum absolute atomic E-state index is 13.2. The van der Waals surface area contributed by atoms with Gasteiger partial charge in [-0.15, -0.1) is 0 Å². The van der Waals surface area contributed by atoms with E-state index in [2.05, 4.69) is 36.3 Å². The minimum atomic E-state index is -4.11. The first-order valence-corrected chi connectivity index (χ1v) is 13.2. The van der Waals surface area contributed by atoms with Crippen LogP contribution in [-0.4, -0.2) is 81.3 Å². The van der Waals surface area contributed by atoms with Crippen molar-refractivity contribution in [2.45, 2.75) is 37.3 Å². The van der Waals surface area contributed by atoms with Crippen LogP contribution in [0, 0.1) is 0 Å². The molecule has 1 aliphatic rings. The first-order valence-electron chi connectivity index (χ1n) is 11.0. The van der Waals surface area contributed by atoms with Gasteiger partial charge in [0.1, 0.15) is 42.7 Å². The Morgan fingerprint density at radius 3 is 2.76 bits per heavy atom. The molecule has 3 aromatic rings. The van der Waals surface area contributed by atoms with Gasteiger partial charge in [-0.3, -0.25) is 18.5 Å². The summed E-state index contributed by atoms with van der Waals surface area (Å²) >= 11 is 3.33. The summed E-state index contributed by atoms with van der Waals surface area (Å²) in [6.45, 7) is -0.0802. The molecule has 15 heteroatoms. The van der Waals surface area contributed by atoms with E-state index in [0.29, 0.717) is 5.56 Å². The zero-order valence-corrected chi connectivity index (χ0v) is 21.8. The van der Waals surface area contributed by atoms with Crippen molar-refractivity contribution in [3.63, 3.8) is 0 Å². The Balaban J connectivity index is 1.48. The van der Waals surface area contributed by atoms with E-state index < -0.39 is 40.4 Å². The Bertz CT molecular complexity index is 1420. The zero-order chi connectivity index (χ0) is 26.7. The summed E-state index contributed by atoms with van der Waals surface area (Å²) in [5.74, 6) is -0.692. The fourth-order valence-corrected chi connectivity index (χ4v) is 4.85. The van der Waals surface area contributed by atoms with E-state index in [1.807, 2.05) is 4.72 Å². The molecule has 0 saturated heterocycles. The van der Waals surface area contributed by atoms with E-state index >= 15 is 0 Å². The number of anilines is 1. The second kappa shape index (κ2) is 11.1. The van der Waals surface area contributed by atoms with E-state index in [0.717, 1.165) is 11.5 Å². The van der Waals surface area contributed by atoms with E-state index in [-0.39, 0.29) is 35.8 Å². The van der Waals surface area contributed by atoms with Crippen LogP contribution in [0.25, 0.3) is 0 Å². The van der Waals surface area contributed by atoms with Crippen molar-refractivity contribution in [3.05, 3.63) is 70.3 Å². The third-order valence-corrected chi connectivity index (χ3v) is 7.23. The standard InChI is InChI=1S/C22H23BrN6O7S/c1-24-37(34,35)36-18-8-16(20(32)21(18)33)27-22-14(9-25-11-26-22)19(31)15-5-6-29(28-15)10-17(30)12-3-2-4-13(23)7-12/h2-7,9,11,16,18,20-21,24,32-33H,8,10H2,1H3,(H,25,26,27)/t16-,18-,20+,21+/m1/s1. The first kappa shape index (κ1) is 27.0. The normalized spacial score (nSPS) is 21.6. The van der Waals surface area contributed by atoms with Crippen molar-refractivity contribution in [3.8, 4) is 0 Å². The van der Waals surface area contributed by atoms with E-state index in [4.69, 9.17) is 4.18 Å². The quantitative estimate of drug-likeness (QED) is 0.236. The lowest BCUT2D eigenvalue weighted by molar-refractivity contribution is -0.00882. The van der Waals surface area contributed by atoms with Gasteiger partial charge in [-0.2, -0.15) is 18.2 Å². The minimum Gasteiger partial charge on any atom is -0.388 e. The number of nitrogens with zero attached hydrogens (tertiary/aromatic N) is 4. The molecule has 0 radical (unpaired) electrons. The van der Waals surface area contributed by atoms with Gasteiger partial charge < -0.3 is 15.5 Å². The number of hydrogen-bond donors (Lipinski definition) is 4. The van der Waals surface area contributed by atoms with Gasteiger partial charge in [-0.1, -0.05) is 28.1 Å². The van der Waals surface area contributed by atoms with E-state index in [9.17, 15) is 28.2 Å². The number of rotatable bonds is 10. The number of halogens is 1. The van der Waals surface area contributed by atoms with Gasteiger partial charge in [0, 0.05) is 35.9 Å². The van der Waals surface area contributed by atoms with Crippen molar-refractivity contribution in [1.82, 2.24) is 24.5 Å². The monoisotopic (exact) mass is 594 g/mol. The third-order valence-electron chi connectivity index (χ3n) is 5.73. The number of hydrogen-bond acceptors (Lipinski definition) is 11. The number of Topliss-reactive ketones (excluding diaryl/α,β-unsaturated/α-hetero) is 1. The van der Waals surface area contributed by atoms with Gasteiger partial charge in [-0.25, -0.2) is 9.97 Å². The fraction of sp³-hybridized carbons (Fsp3) is 0.318. The highest BCUT2D eigenvalue weighted by atomic mass is 79.9. The second-order valence-corrected chi connectivity index (χ2v) is 10.6. The van der Waals surface area contributed by atoms with Crippen LogP contribution in [-0.2, 0) is 21.0 Å². The number of ketones is 2. The summed E-state index contributed by atoms with van der Waals surface area (Å²) in [5.41, 5.74) is 0.552. The number of aromatic nitrogens is 4. The number of nitrogens with one attached hydrogen (secondary N) is 2. The van der Waals surface area contributed by atoms with Gasteiger partial charge >= 0.3 is 10.3 Å². The Kier molecular flexibility index (Phi) is 8.11. The molecule has 4 N–H and O–H groups in total. The van der Waals surface area contributed by atoms with Crippen molar-refractivity contribution >= 4 is 43.6 Å². The third kappa shape index (κ3) is 6.26. The van der Waals surface area contributed by atoms with Crippen molar-refractivity contribution < 1.29 is 32.4 Å². The second-order valence-electron chi connectivity index (χ2n) is 8.21. The summed E-state index contributed by atoms with van der Waals surface area (Å²) in [7, 11) is -2.95. The molecule has 2 heterocycles. The maximum Gasteiger partial charge on any atom is 0.335 e. The largest absolute Gasteiger partial charge is 0.388 e. The lowest BCUT2D eigenvalue weighted by Crippen LogP contribution is -2.38. The number of carbonyl (C=O) groups excluding carboxylic acids is 2. The Labute approximate surface area is 220 Å². The minimum absolute atomic E-state index is 0.0278. The number of aliphatic hydroxyl groups excluding tert-OH is 2. The number of aliphatic hydroxyl groups is 2. The highest BCUT2D eigenvalue weighted by Crippen LogP contribution is 2.28. The van der Waals surface area contributed by atoms with Gasteiger partial charge in [0.15, 0.2) is 5.78 Å². The highest BCUT2D eigenvalue weighted by Gasteiger charge is 2.44. The molecule has 4 atom stereocenters. The molecule has 0 amide bonds. The van der Waals surface area contributed by atoms with Crippen LogP contribution in [0.5, 0.6) is 0 Å². The van der Waals surface area contributed by atoms with Gasteiger partial charge in [0.2, 0.25) is 5.78 Å². The molecule has 13 nitrogen and oxygen atoms in total. The predicted molar refractivity (Wildman–Crippen MR) is 133 cm³/mol. The topological polar surface area (TPSA) is 186 Å². The molecule has 1 aromatic carbocycles. The maximum atomic E-state index is 13.2. The fourth-order valence-electron chi connectivity index (χ4n) is 3.83. The summed E-state index contributed by atoms with van der Waals surface area (Å²) in [6, 6.07) is 7.49. The Morgan fingerprint density at radius 1 is 1.24 bits per heavy atom. The van der Waals surface area contributed by atoms with Crippen LogP contribution < -0.4 is 10.0 Å². The average molecular weight is 595 g/mol. The summed E-state index contributed by atoms with van der Waals surface area (Å²) in [5, 5.41) is 27.7. The zero-order valence-electron chi connectivity index (χ0n) is 19.4. The summed E-state index contributed by atoms with van der Waals surface area (Å²) in [4.78, 5) is 33.7. The lowest BCUT2D eigenvalue weighted by atomic mass is 10.1. The van der Waals surface area contributed by atoms with Crippen molar-refractivity contribution in [1.29, 1.82) is 0 Å². The van der Waals surface area contributed by atoms with Crippen molar-refractivity contribution in [2.75, 3.05) is 12.4 Å². The smallest absolute Gasteiger partial charge is 0.335 e. The van der Waals surface area contributed by atoms with E-state index in [1.165, 1.54) is 29.5 Å². The molecule has 0 aliphatic heterocycles. The molecular weight excluding hydrogens is 572 g/mol. The van der Waals surface area contributed by atoms with Crippen LogP contribution >= 0.6 is 15.9 Å². The average Bonchev–Trinajstić information content (AvgIpc) is 3.44. The van der Waals surface area contributed by atoms with Crippen LogP contribution in [0.4, 0.5) is 5.82 Å². The van der Waals surface area contributed by atoms with Crippen molar-refractivity contribution in [2.24, 2.45) is 0 Å². The molecule has 0 bridgehead atoms. The molecule has 37 heavy (non-hydrogen) atoms. The van der Waals surface area contributed by atoms with Crippen LogP contribution in [0.1, 0.15) is 32.8 Å². The van der Waals surface area contributed by atoms with E-state index in [1.54, 1.807) is 24.3 Å². The summed E-state index contributed by atoms with van der Waals surface area (Å²) in [6.07, 6.45) is -0.261. The van der Waals surface area contributed by atoms with Crippen LogP contribution in [0.15, 0.2) is 53.5 Å². The van der Waals surface area contributed by atoms with Crippen LogP contribution in [0.3, 0.4) is 0 Å². The molecule has 1 fully saturated rings. The molecular formula is C22H23BrN6O7S.